The summed E-state index contributed by atoms with van der Waals surface area (Å²) in [5.41, 5.74) is 0.613. The van der Waals surface area contributed by atoms with Gasteiger partial charge in [0.15, 0.2) is 20.0 Å². The van der Waals surface area contributed by atoms with Crippen LogP contribution in [0.4, 0.5) is 13.2 Å². The summed E-state index contributed by atoms with van der Waals surface area (Å²) in [5, 5.41) is 0. The Morgan fingerprint density at radius 2 is 1.45 bits per heavy atom. The van der Waals surface area contributed by atoms with Crippen LogP contribution in [0.2, 0.25) is 17.1 Å². The van der Waals surface area contributed by atoms with Crippen molar-refractivity contribution >= 4 is 8.32 Å². The van der Waals surface area contributed by atoms with E-state index >= 15 is 0 Å². The van der Waals surface area contributed by atoms with Gasteiger partial charge in [-0.1, -0.05) is 27.7 Å². The Kier molecular flexibility index (Phi) is 5.83. The first-order valence-electron chi connectivity index (χ1n) is 7.04. The highest BCUT2D eigenvalue weighted by atomic mass is 28.4. The van der Waals surface area contributed by atoms with Crippen LogP contribution in [0.25, 0.3) is 0 Å². The molecular formula is C15H23F3OSi. The van der Waals surface area contributed by atoms with Crippen molar-refractivity contribution < 1.29 is 18.0 Å². The summed E-state index contributed by atoms with van der Waals surface area (Å²) in [4.78, 5) is 10.7. The number of hydrogen-bond acceptors (Lipinski definition) is 1. The minimum Gasteiger partial charge on any atom is -0.431 e. The maximum absolute atomic E-state index is 13.5. The number of rotatable bonds is 6. The zero-order chi connectivity index (χ0) is 15.5. The van der Waals surface area contributed by atoms with Gasteiger partial charge in [0.2, 0.25) is 0 Å². The molecule has 114 valence electrons. The van der Waals surface area contributed by atoms with Gasteiger partial charge in [-0.15, -0.1) is 0 Å². The maximum atomic E-state index is 13.5. The fraction of sp³-hybridized carbons (Fsp3) is 0.600. The van der Waals surface area contributed by atoms with Crippen molar-refractivity contribution in [3.8, 4) is 0 Å². The summed E-state index contributed by atoms with van der Waals surface area (Å²) >= 11 is 0. The van der Waals surface area contributed by atoms with Gasteiger partial charge in [-0.2, -0.15) is 0 Å². The molecule has 1 aromatic carbocycles. The predicted octanol–water partition coefficient (Wildman–Crippen LogP) is 4.79. The number of benzene rings is 1. The summed E-state index contributed by atoms with van der Waals surface area (Å²) in [6, 6.07) is 2.13. The lowest BCUT2D eigenvalue weighted by atomic mass is 10.1. The van der Waals surface area contributed by atoms with Crippen molar-refractivity contribution in [2.75, 3.05) is 0 Å². The summed E-state index contributed by atoms with van der Waals surface area (Å²) in [7, 11) is -2.39. The third kappa shape index (κ3) is 3.85. The SMILES string of the molecule is CC(C)[Si](O)(CCCc1cc(F)c(F)cc1F)C(C)C. The Balaban J connectivity index is 2.71. The normalized spacial score (nSPS) is 12.5. The van der Waals surface area contributed by atoms with E-state index in [-0.39, 0.29) is 16.6 Å². The van der Waals surface area contributed by atoms with Crippen LogP contribution in [0.5, 0.6) is 0 Å². The van der Waals surface area contributed by atoms with Gasteiger partial charge in [-0.25, -0.2) is 13.2 Å². The summed E-state index contributed by atoms with van der Waals surface area (Å²) < 4.78 is 39.4. The third-order valence-electron chi connectivity index (χ3n) is 4.11. The monoisotopic (exact) mass is 304 g/mol. The van der Waals surface area contributed by atoms with Crippen molar-refractivity contribution in [1.29, 1.82) is 0 Å². The Labute approximate surface area is 120 Å². The lowest BCUT2D eigenvalue weighted by Gasteiger charge is -2.33. The molecule has 0 aliphatic carbocycles. The van der Waals surface area contributed by atoms with Gasteiger partial charge in [0, 0.05) is 6.07 Å². The van der Waals surface area contributed by atoms with Crippen molar-refractivity contribution in [3.05, 3.63) is 35.1 Å². The Hall–Kier alpha value is -0.813. The van der Waals surface area contributed by atoms with E-state index in [9.17, 15) is 18.0 Å². The van der Waals surface area contributed by atoms with Crippen molar-refractivity contribution in [2.45, 2.75) is 57.7 Å². The minimum atomic E-state index is -2.39. The van der Waals surface area contributed by atoms with E-state index in [2.05, 4.69) is 0 Å². The highest BCUT2D eigenvalue weighted by molar-refractivity contribution is 6.75. The molecule has 0 bridgehead atoms. The van der Waals surface area contributed by atoms with Gasteiger partial charge in [0.1, 0.15) is 5.82 Å². The fourth-order valence-corrected chi connectivity index (χ4v) is 5.79. The number of halogens is 3. The van der Waals surface area contributed by atoms with E-state index in [1.54, 1.807) is 0 Å². The van der Waals surface area contributed by atoms with Gasteiger partial charge in [-0.3, -0.25) is 0 Å². The third-order valence-corrected chi connectivity index (χ3v) is 9.27. The first kappa shape index (κ1) is 17.2. The van der Waals surface area contributed by atoms with Crippen LogP contribution >= 0.6 is 0 Å². The summed E-state index contributed by atoms with van der Waals surface area (Å²) in [5.74, 6) is -2.91. The average Bonchev–Trinajstić information content (AvgIpc) is 2.34. The topological polar surface area (TPSA) is 20.2 Å². The first-order chi connectivity index (χ1) is 9.18. The molecule has 0 aromatic heterocycles. The molecule has 0 spiro atoms. The molecule has 0 unspecified atom stereocenters. The molecule has 20 heavy (non-hydrogen) atoms. The standard InChI is InChI=1S/C15H23F3OSi/c1-10(2)20(19,11(3)4)7-5-6-12-8-14(17)15(18)9-13(12)16/h8-11,19H,5-7H2,1-4H3. The molecule has 0 aliphatic heterocycles. The van der Waals surface area contributed by atoms with E-state index in [0.29, 0.717) is 25.0 Å². The van der Waals surface area contributed by atoms with Gasteiger partial charge >= 0.3 is 0 Å². The molecule has 1 rings (SSSR count). The number of aryl methyl sites for hydroxylation is 1. The van der Waals surface area contributed by atoms with Crippen LogP contribution in [0, 0.1) is 17.5 Å². The summed E-state index contributed by atoms with van der Waals surface area (Å²) in [6.45, 7) is 8.02. The summed E-state index contributed by atoms with van der Waals surface area (Å²) in [6.07, 6.45) is 0.902. The highest BCUT2D eigenvalue weighted by Crippen LogP contribution is 2.34. The zero-order valence-corrected chi connectivity index (χ0v) is 13.5. The quantitative estimate of drug-likeness (QED) is 0.591. The average molecular weight is 304 g/mol. The second kappa shape index (κ2) is 6.76. The lowest BCUT2D eigenvalue weighted by Crippen LogP contribution is -2.41. The fourth-order valence-electron chi connectivity index (χ4n) is 2.56. The molecule has 0 radical (unpaired) electrons. The smallest absolute Gasteiger partial charge is 0.193 e. The van der Waals surface area contributed by atoms with Crippen LogP contribution in [0.3, 0.4) is 0 Å². The molecule has 0 amide bonds. The van der Waals surface area contributed by atoms with Crippen molar-refractivity contribution in [3.63, 3.8) is 0 Å². The van der Waals surface area contributed by atoms with Gasteiger partial charge in [0.25, 0.3) is 0 Å². The molecule has 0 saturated heterocycles. The van der Waals surface area contributed by atoms with Crippen LogP contribution < -0.4 is 0 Å². The lowest BCUT2D eigenvalue weighted by molar-refractivity contribution is 0.481. The maximum Gasteiger partial charge on any atom is 0.193 e. The van der Waals surface area contributed by atoms with Crippen molar-refractivity contribution in [2.24, 2.45) is 0 Å². The molecule has 0 fully saturated rings. The second-order valence-electron chi connectivity index (χ2n) is 6.01. The second-order valence-corrected chi connectivity index (χ2v) is 10.8. The Morgan fingerprint density at radius 1 is 0.950 bits per heavy atom. The van der Waals surface area contributed by atoms with Crippen molar-refractivity contribution in [1.82, 2.24) is 0 Å². The van der Waals surface area contributed by atoms with E-state index < -0.39 is 25.8 Å². The van der Waals surface area contributed by atoms with Crippen LogP contribution in [0.15, 0.2) is 12.1 Å². The van der Waals surface area contributed by atoms with Gasteiger partial charge < -0.3 is 4.80 Å². The van der Waals surface area contributed by atoms with E-state index in [0.717, 1.165) is 6.07 Å². The van der Waals surface area contributed by atoms with E-state index in [1.165, 1.54) is 0 Å². The molecule has 1 nitrogen and oxygen atoms in total. The van der Waals surface area contributed by atoms with Crippen LogP contribution in [-0.2, 0) is 6.42 Å². The molecule has 1 N–H and O–H groups in total. The minimum absolute atomic E-state index is 0.174. The highest BCUT2D eigenvalue weighted by Gasteiger charge is 2.37. The largest absolute Gasteiger partial charge is 0.431 e. The Morgan fingerprint density at radius 3 is 1.95 bits per heavy atom. The molecule has 0 aliphatic rings. The van der Waals surface area contributed by atoms with E-state index in [1.807, 2.05) is 27.7 Å². The molecule has 1 aromatic rings. The van der Waals surface area contributed by atoms with Gasteiger partial charge in [-0.05, 0) is 41.6 Å². The van der Waals surface area contributed by atoms with Gasteiger partial charge in [0.05, 0.1) is 0 Å². The number of hydrogen-bond donors (Lipinski definition) is 1. The molecular weight excluding hydrogens is 281 g/mol. The Bertz CT molecular complexity index is 453. The van der Waals surface area contributed by atoms with E-state index in [4.69, 9.17) is 0 Å². The molecule has 0 saturated carbocycles. The van der Waals surface area contributed by atoms with Crippen LogP contribution in [0.1, 0.15) is 39.7 Å². The molecule has 0 heterocycles. The van der Waals surface area contributed by atoms with Crippen LogP contribution in [-0.4, -0.2) is 13.1 Å². The molecule has 5 heteroatoms. The zero-order valence-electron chi connectivity index (χ0n) is 12.5. The first-order valence-corrected chi connectivity index (χ1v) is 9.35. The molecule has 0 atom stereocenters. The predicted molar refractivity (Wildman–Crippen MR) is 77.6 cm³/mol.